The summed E-state index contributed by atoms with van der Waals surface area (Å²) in [6.07, 6.45) is 0. The van der Waals surface area contributed by atoms with E-state index >= 15 is 0 Å². The zero-order valence-electron chi connectivity index (χ0n) is 12.3. The summed E-state index contributed by atoms with van der Waals surface area (Å²) >= 11 is 6.08. The molecule has 1 fully saturated rings. The Labute approximate surface area is 131 Å². The molecule has 5 nitrogen and oxygen atoms in total. The van der Waals surface area contributed by atoms with Gasteiger partial charge in [0.25, 0.3) is 0 Å². The largest absolute Gasteiger partial charge is 0.314 e. The summed E-state index contributed by atoms with van der Waals surface area (Å²) in [5.74, 6) is 0.147. The monoisotopic (exact) mass is 331 g/mol. The van der Waals surface area contributed by atoms with E-state index in [1.54, 1.807) is 13.1 Å². The summed E-state index contributed by atoms with van der Waals surface area (Å²) in [6, 6.07) is 7.33. The van der Waals surface area contributed by atoms with Gasteiger partial charge < -0.3 is 5.32 Å². The van der Waals surface area contributed by atoms with Gasteiger partial charge in [0.15, 0.2) is 0 Å². The average Bonchev–Trinajstić information content (AvgIpc) is 2.48. The number of hydrogen-bond acceptors (Lipinski definition) is 4. The van der Waals surface area contributed by atoms with Gasteiger partial charge in [0.1, 0.15) is 0 Å². The van der Waals surface area contributed by atoms with E-state index in [0.29, 0.717) is 18.1 Å². The van der Waals surface area contributed by atoms with E-state index in [2.05, 4.69) is 10.2 Å². The molecule has 0 bridgehead atoms. The summed E-state index contributed by atoms with van der Waals surface area (Å²) < 4.78 is 26.0. The molecule has 0 aliphatic carbocycles. The first-order valence-corrected chi connectivity index (χ1v) is 9.08. The van der Waals surface area contributed by atoms with Gasteiger partial charge in [0, 0.05) is 51.3 Å². The molecule has 118 valence electrons. The summed E-state index contributed by atoms with van der Waals surface area (Å²) in [4.78, 5) is 2.18. The Bertz CT molecular complexity index is 559. The molecule has 1 aromatic carbocycles. The first-order chi connectivity index (χ1) is 9.99. The molecule has 1 aromatic rings. The molecule has 21 heavy (non-hydrogen) atoms. The molecule has 1 aliphatic heterocycles. The summed E-state index contributed by atoms with van der Waals surface area (Å²) in [7, 11) is -1.65. The normalized spacial score (nSPS) is 17.3. The van der Waals surface area contributed by atoms with Crippen LogP contribution in [0.3, 0.4) is 0 Å². The van der Waals surface area contributed by atoms with Crippen molar-refractivity contribution < 1.29 is 8.42 Å². The van der Waals surface area contributed by atoms with Crippen LogP contribution in [0.2, 0.25) is 5.02 Å². The van der Waals surface area contributed by atoms with Crippen molar-refractivity contribution in [2.24, 2.45) is 0 Å². The highest BCUT2D eigenvalue weighted by Gasteiger charge is 2.20. The number of halogens is 1. The van der Waals surface area contributed by atoms with Gasteiger partial charge in [-0.05, 0) is 11.6 Å². The van der Waals surface area contributed by atoms with Crippen LogP contribution in [0.4, 0.5) is 0 Å². The van der Waals surface area contributed by atoms with Crippen LogP contribution in [0.15, 0.2) is 24.3 Å². The zero-order chi connectivity index (χ0) is 15.3. The predicted molar refractivity (Wildman–Crippen MR) is 86.0 cm³/mol. The van der Waals surface area contributed by atoms with Gasteiger partial charge in [-0.3, -0.25) is 4.90 Å². The van der Waals surface area contributed by atoms with Crippen LogP contribution in [0.25, 0.3) is 0 Å². The molecule has 1 heterocycles. The topological polar surface area (TPSA) is 52.7 Å². The van der Waals surface area contributed by atoms with Crippen molar-refractivity contribution >= 4 is 21.6 Å². The van der Waals surface area contributed by atoms with E-state index in [9.17, 15) is 8.42 Å². The van der Waals surface area contributed by atoms with E-state index in [1.165, 1.54) is 4.31 Å². The third kappa shape index (κ3) is 4.93. The Balaban J connectivity index is 1.90. The minimum Gasteiger partial charge on any atom is -0.314 e. The van der Waals surface area contributed by atoms with Crippen molar-refractivity contribution in [3.05, 3.63) is 34.9 Å². The minimum absolute atomic E-state index is 0.147. The summed E-state index contributed by atoms with van der Waals surface area (Å²) in [5.41, 5.74) is 0.826. The van der Waals surface area contributed by atoms with Gasteiger partial charge in [-0.15, -0.1) is 0 Å². The van der Waals surface area contributed by atoms with Gasteiger partial charge in [-0.2, -0.15) is 0 Å². The first-order valence-electron chi connectivity index (χ1n) is 7.09. The lowest BCUT2D eigenvalue weighted by Gasteiger charge is -2.27. The molecule has 2 rings (SSSR count). The second-order valence-electron chi connectivity index (χ2n) is 5.26. The fourth-order valence-corrected chi connectivity index (χ4v) is 3.63. The molecular formula is C14H22ClN3O2S. The fraction of sp³-hybridized carbons (Fsp3) is 0.571. The van der Waals surface area contributed by atoms with E-state index in [0.717, 1.165) is 31.7 Å². The lowest BCUT2D eigenvalue weighted by Crippen LogP contribution is -2.46. The van der Waals surface area contributed by atoms with Crippen LogP contribution in [0.5, 0.6) is 0 Å². The molecule has 0 atom stereocenters. The van der Waals surface area contributed by atoms with E-state index in [-0.39, 0.29) is 5.75 Å². The lowest BCUT2D eigenvalue weighted by molar-refractivity contribution is 0.252. The van der Waals surface area contributed by atoms with Gasteiger partial charge in [0.2, 0.25) is 10.0 Å². The molecule has 0 unspecified atom stereocenters. The van der Waals surface area contributed by atoms with Crippen molar-refractivity contribution in [2.45, 2.75) is 6.54 Å². The molecular weight excluding hydrogens is 310 g/mol. The summed E-state index contributed by atoms with van der Waals surface area (Å²) in [5, 5.41) is 3.86. The molecule has 0 spiro atoms. The number of piperazine rings is 1. The van der Waals surface area contributed by atoms with Crippen LogP contribution in [-0.4, -0.2) is 63.1 Å². The molecule has 0 radical (unpaired) electrons. The number of nitrogens with one attached hydrogen (secondary N) is 1. The molecule has 1 saturated heterocycles. The quantitative estimate of drug-likeness (QED) is 0.845. The van der Waals surface area contributed by atoms with Crippen molar-refractivity contribution in [1.29, 1.82) is 0 Å². The lowest BCUT2D eigenvalue weighted by atomic mass is 10.2. The minimum atomic E-state index is -3.26. The highest BCUT2D eigenvalue weighted by atomic mass is 35.5. The maximum absolute atomic E-state index is 12.3. The maximum atomic E-state index is 12.3. The Morgan fingerprint density at radius 1 is 1.29 bits per heavy atom. The van der Waals surface area contributed by atoms with Crippen LogP contribution < -0.4 is 5.32 Å². The second-order valence-corrected chi connectivity index (χ2v) is 7.86. The first kappa shape index (κ1) is 16.7. The standard InChI is InChI=1S/C14H22ClN3O2S/c1-17(12-13-4-2-3-5-14(13)15)21(19,20)11-10-18-8-6-16-7-9-18/h2-5,16H,6-12H2,1H3. The van der Waals surface area contributed by atoms with Gasteiger partial charge in [0.05, 0.1) is 5.75 Å². The van der Waals surface area contributed by atoms with Crippen LogP contribution in [-0.2, 0) is 16.6 Å². The summed E-state index contributed by atoms with van der Waals surface area (Å²) in [6.45, 7) is 4.55. The van der Waals surface area contributed by atoms with E-state index in [4.69, 9.17) is 11.6 Å². The Morgan fingerprint density at radius 3 is 2.62 bits per heavy atom. The molecule has 0 amide bonds. The smallest absolute Gasteiger partial charge is 0.215 e. The number of nitrogens with zero attached hydrogens (tertiary/aromatic N) is 2. The van der Waals surface area contributed by atoms with Gasteiger partial charge in [-0.1, -0.05) is 29.8 Å². The van der Waals surface area contributed by atoms with Crippen LogP contribution in [0, 0.1) is 0 Å². The molecule has 1 aliphatic rings. The number of sulfonamides is 1. The predicted octanol–water partition coefficient (Wildman–Crippen LogP) is 1.01. The highest BCUT2D eigenvalue weighted by molar-refractivity contribution is 7.89. The highest BCUT2D eigenvalue weighted by Crippen LogP contribution is 2.17. The fourth-order valence-electron chi connectivity index (χ4n) is 2.30. The third-order valence-electron chi connectivity index (χ3n) is 3.70. The maximum Gasteiger partial charge on any atom is 0.215 e. The number of rotatable bonds is 6. The molecule has 7 heteroatoms. The Kier molecular flexibility index (Phi) is 6.01. The van der Waals surface area contributed by atoms with Crippen molar-refractivity contribution in [1.82, 2.24) is 14.5 Å². The van der Waals surface area contributed by atoms with E-state index in [1.807, 2.05) is 18.2 Å². The SMILES string of the molecule is CN(Cc1ccccc1Cl)S(=O)(=O)CCN1CCNCC1. The van der Waals surface area contributed by atoms with Crippen molar-refractivity contribution in [3.63, 3.8) is 0 Å². The van der Waals surface area contributed by atoms with Crippen LogP contribution in [0.1, 0.15) is 5.56 Å². The average molecular weight is 332 g/mol. The Hall–Kier alpha value is -0.660. The van der Waals surface area contributed by atoms with Crippen molar-refractivity contribution in [2.75, 3.05) is 45.5 Å². The third-order valence-corrected chi connectivity index (χ3v) is 5.85. The molecule has 0 saturated carbocycles. The number of benzene rings is 1. The second kappa shape index (κ2) is 7.56. The van der Waals surface area contributed by atoms with E-state index < -0.39 is 10.0 Å². The molecule has 1 N–H and O–H groups in total. The number of hydrogen-bond donors (Lipinski definition) is 1. The van der Waals surface area contributed by atoms with Crippen LogP contribution >= 0.6 is 11.6 Å². The van der Waals surface area contributed by atoms with Gasteiger partial charge >= 0.3 is 0 Å². The zero-order valence-corrected chi connectivity index (χ0v) is 13.8. The van der Waals surface area contributed by atoms with Crippen molar-refractivity contribution in [3.8, 4) is 0 Å². The Morgan fingerprint density at radius 2 is 1.95 bits per heavy atom. The molecule has 0 aromatic heterocycles. The van der Waals surface area contributed by atoms with Gasteiger partial charge in [-0.25, -0.2) is 12.7 Å².